The standard InChI is InChI=1S/C21H21N3O4/c1-4-28-20-12-15(5-10-19(20)27-3)11-16(13-22)21(26)24-18-8-6-17(7-9-18)23-14(2)25/h5-12H,4H2,1-3H3,(H,23,25)(H,24,26)/b16-11+. The van der Waals surface area contributed by atoms with Crippen molar-refractivity contribution in [2.75, 3.05) is 24.4 Å². The van der Waals surface area contributed by atoms with Crippen molar-refractivity contribution in [2.45, 2.75) is 13.8 Å². The van der Waals surface area contributed by atoms with E-state index < -0.39 is 5.91 Å². The van der Waals surface area contributed by atoms with Gasteiger partial charge in [-0.15, -0.1) is 0 Å². The molecule has 0 saturated heterocycles. The smallest absolute Gasteiger partial charge is 0.266 e. The molecule has 7 heteroatoms. The van der Waals surface area contributed by atoms with Crippen molar-refractivity contribution in [1.82, 2.24) is 0 Å². The minimum atomic E-state index is -0.538. The zero-order chi connectivity index (χ0) is 20.5. The number of rotatable bonds is 7. The summed E-state index contributed by atoms with van der Waals surface area (Å²) in [5.41, 5.74) is 1.70. The minimum Gasteiger partial charge on any atom is -0.493 e. The molecule has 0 spiro atoms. The number of carbonyl (C=O) groups is 2. The highest BCUT2D eigenvalue weighted by molar-refractivity contribution is 6.09. The van der Waals surface area contributed by atoms with Crippen LogP contribution in [0.4, 0.5) is 11.4 Å². The maximum Gasteiger partial charge on any atom is 0.266 e. The fraction of sp³-hybridized carbons (Fsp3) is 0.190. The van der Waals surface area contributed by atoms with Gasteiger partial charge in [-0.05, 0) is 55.0 Å². The molecule has 28 heavy (non-hydrogen) atoms. The van der Waals surface area contributed by atoms with Crippen molar-refractivity contribution in [3.05, 3.63) is 53.6 Å². The Kier molecular flexibility index (Phi) is 7.17. The molecule has 0 unspecified atom stereocenters. The van der Waals surface area contributed by atoms with Gasteiger partial charge in [0.25, 0.3) is 5.91 Å². The van der Waals surface area contributed by atoms with E-state index in [9.17, 15) is 14.9 Å². The highest BCUT2D eigenvalue weighted by Crippen LogP contribution is 2.29. The summed E-state index contributed by atoms with van der Waals surface area (Å²) in [5.74, 6) is 0.382. The molecule has 2 aromatic rings. The van der Waals surface area contributed by atoms with Crippen LogP contribution in [0.3, 0.4) is 0 Å². The summed E-state index contributed by atoms with van der Waals surface area (Å²) in [7, 11) is 1.54. The van der Waals surface area contributed by atoms with E-state index in [4.69, 9.17) is 9.47 Å². The second-order valence-electron chi connectivity index (χ2n) is 5.73. The van der Waals surface area contributed by atoms with E-state index in [0.29, 0.717) is 35.0 Å². The number of nitrogens with zero attached hydrogens (tertiary/aromatic N) is 1. The Morgan fingerprint density at radius 3 is 2.25 bits per heavy atom. The predicted octanol–water partition coefficient (Wildman–Crippen LogP) is 3.60. The molecule has 2 N–H and O–H groups in total. The van der Waals surface area contributed by atoms with E-state index in [1.165, 1.54) is 13.0 Å². The van der Waals surface area contributed by atoms with Gasteiger partial charge < -0.3 is 20.1 Å². The van der Waals surface area contributed by atoms with Crippen molar-refractivity contribution < 1.29 is 19.1 Å². The number of methoxy groups -OCH3 is 1. The second-order valence-corrected chi connectivity index (χ2v) is 5.73. The third kappa shape index (κ3) is 5.61. The van der Waals surface area contributed by atoms with Crippen LogP contribution in [0.1, 0.15) is 19.4 Å². The van der Waals surface area contributed by atoms with Gasteiger partial charge in [-0.1, -0.05) is 6.07 Å². The van der Waals surface area contributed by atoms with Crippen LogP contribution in [-0.2, 0) is 9.59 Å². The molecule has 2 aromatic carbocycles. The molecular weight excluding hydrogens is 358 g/mol. The third-order valence-electron chi connectivity index (χ3n) is 3.63. The minimum absolute atomic E-state index is 0.0569. The van der Waals surface area contributed by atoms with Crippen molar-refractivity contribution >= 4 is 29.3 Å². The Balaban J connectivity index is 2.18. The largest absolute Gasteiger partial charge is 0.493 e. The number of carbonyl (C=O) groups excluding carboxylic acids is 2. The summed E-state index contributed by atoms with van der Waals surface area (Å²) in [6, 6.07) is 13.6. The first-order valence-corrected chi connectivity index (χ1v) is 8.58. The number of anilines is 2. The molecule has 0 fully saturated rings. The molecule has 2 amide bonds. The van der Waals surface area contributed by atoms with Gasteiger partial charge in [-0.2, -0.15) is 5.26 Å². The maximum absolute atomic E-state index is 12.4. The van der Waals surface area contributed by atoms with Gasteiger partial charge in [0.05, 0.1) is 13.7 Å². The van der Waals surface area contributed by atoms with Gasteiger partial charge in [0.2, 0.25) is 5.91 Å². The van der Waals surface area contributed by atoms with Gasteiger partial charge in [0.1, 0.15) is 11.6 Å². The number of ether oxygens (including phenoxy) is 2. The average molecular weight is 379 g/mol. The van der Waals surface area contributed by atoms with Crippen molar-refractivity contribution in [1.29, 1.82) is 5.26 Å². The van der Waals surface area contributed by atoms with Gasteiger partial charge >= 0.3 is 0 Å². The number of nitrogens with one attached hydrogen (secondary N) is 2. The Bertz CT molecular complexity index is 928. The van der Waals surface area contributed by atoms with Gasteiger partial charge in [-0.25, -0.2) is 0 Å². The first-order chi connectivity index (χ1) is 13.5. The molecule has 0 radical (unpaired) electrons. The van der Waals surface area contributed by atoms with Crippen molar-refractivity contribution in [3.8, 4) is 17.6 Å². The molecule has 0 aliphatic carbocycles. The van der Waals surface area contributed by atoms with E-state index in [0.717, 1.165) is 0 Å². The normalized spacial score (nSPS) is 10.6. The van der Waals surface area contributed by atoms with E-state index in [2.05, 4.69) is 10.6 Å². The summed E-state index contributed by atoms with van der Waals surface area (Å²) >= 11 is 0. The van der Waals surface area contributed by atoms with Gasteiger partial charge in [-0.3, -0.25) is 9.59 Å². The van der Waals surface area contributed by atoms with Crippen LogP contribution < -0.4 is 20.1 Å². The summed E-state index contributed by atoms with van der Waals surface area (Å²) in [6.07, 6.45) is 1.48. The van der Waals surface area contributed by atoms with Crippen molar-refractivity contribution in [3.63, 3.8) is 0 Å². The Labute approximate surface area is 163 Å². The molecule has 0 atom stereocenters. The Morgan fingerprint density at radius 2 is 1.71 bits per heavy atom. The number of hydrogen-bond acceptors (Lipinski definition) is 5. The van der Waals surface area contributed by atoms with Crippen LogP contribution in [0.2, 0.25) is 0 Å². The fourth-order valence-corrected chi connectivity index (χ4v) is 2.41. The molecule has 0 aliphatic heterocycles. The van der Waals surface area contributed by atoms with Crippen LogP contribution in [-0.4, -0.2) is 25.5 Å². The molecule has 0 aliphatic rings. The lowest BCUT2D eigenvalue weighted by Crippen LogP contribution is -2.13. The van der Waals surface area contributed by atoms with Crippen LogP contribution in [0.25, 0.3) is 6.08 Å². The maximum atomic E-state index is 12.4. The lowest BCUT2D eigenvalue weighted by molar-refractivity contribution is -0.114. The van der Waals surface area contributed by atoms with Crippen LogP contribution in [0, 0.1) is 11.3 Å². The predicted molar refractivity (Wildman–Crippen MR) is 107 cm³/mol. The van der Waals surface area contributed by atoms with Gasteiger partial charge in [0.15, 0.2) is 11.5 Å². The van der Waals surface area contributed by atoms with E-state index in [-0.39, 0.29) is 11.5 Å². The lowest BCUT2D eigenvalue weighted by Gasteiger charge is -2.10. The average Bonchev–Trinajstić information content (AvgIpc) is 2.67. The molecule has 0 bridgehead atoms. The van der Waals surface area contributed by atoms with Gasteiger partial charge in [0, 0.05) is 18.3 Å². The molecule has 7 nitrogen and oxygen atoms in total. The molecule has 144 valence electrons. The zero-order valence-corrected chi connectivity index (χ0v) is 15.9. The quantitative estimate of drug-likeness (QED) is 0.565. The Hall–Kier alpha value is -3.79. The molecule has 0 aromatic heterocycles. The highest BCUT2D eigenvalue weighted by Gasteiger charge is 2.11. The first kappa shape index (κ1) is 20.5. The summed E-state index contributed by atoms with van der Waals surface area (Å²) < 4.78 is 10.7. The fourth-order valence-electron chi connectivity index (χ4n) is 2.41. The van der Waals surface area contributed by atoms with Crippen LogP contribution in [0.5, 0.6) is 11.5 Å². The highest BCUT2D eigenvalue weighted by atomic mass is 16.5. The Morgan fingerprint density at radius 1 is 1.07 bits per heavy atom. The van der Waals surface area contributed by atoms with Crippen LogP contribution >= 0.6 is 0 Å². The van der Waals surface area contributed by atoms with E-state index in [1.54, 1.807) is 49.6 Å². The first-order valence-electron chi connectivity index (χ1n) is 8.58. The van der Waals surface area contributed by atoms with Crippen LogP contribution in [0.15, 0.2) is 48.0 Å². The monoisotopic (exact) mass is 379 g/mol. The number of hydrogen-bond donors (Lipinski definition) is 2. The summed E-state index contributed by atoms with van der Waals surface area (Å²) in [5, 5.41) is 14.7. The lowest BCUT2D eigenvalue weighted by atomic mass is 10.1. The third-order valence-corrected chi connectivity index (χ3v) is 3.63. The van der Waals surface area contributed by atoms with E-state index >= 15 is 0 Å². The molecule has 0 heterocycles. The summed E-state index contributed by atoms with van der Waals surface area (Å²) in [4.78, 5) is 23.5. The van der Waals surface area contributed by atoms with E-state index in [1.807, 2.05) is 13.0 Å². The number of benzene rings is 2. The summed E-state index contributed by atoms with van der Waals surface area (Å²) in [6.45, 7) is 3.73. The SMILES string of the molecule is CCOc1cc(/C=C(\C#N)C(=O)Nc2ccc(NC(C)=O)cc2)ccc1OC. The topological polar surface area (TPSA) is 100 Å². The molecule has 0 saturated carbocycles. The molecule has 2 rings (SSSR count). The zero-order valence-electron chi connectivity index (χ0n) is 15.9. The second kappa shape index (κ2) is 9.78. The van der Waals surface area contributed by atoms with Crippen molar-refractivity contribution in [2.24, 2.45) is 0 Å². The number of nitriles is 1. The number of amides is 2. The molecular formula is C21H21N3O4.